The minimum Gasteiger partial charge on any atom is -0.369 e. The van der Waals surface area contributed by atoms with Crippen LogP contribution < -0.4 is 5.73 Å². The van der Waals surface area contributed by atoms with Gasteiger partial charge in [0.2, 0.25) is 11.8 Å². The number of para-hydroxylation sites is 1. The van der Waals surface area contributed by atoms with Gasteiger partial charge in [-0.15, -0.1) is 0 Å². The highest BCUT2D eigenvalue weighted by molar-refractivity contribution is 5.89. The highest BCUT2D eigenvalue weighted by atomic mass is 16.2. The molecule has 1 aromatic heterocycles. The summed E-state index contributed by atoms with van der Waals surface area (Å²) in [4.78, 5) is 25.5. The molecule has 3 rings (SSSR count). The van der Waals surface area contributed by atoms with E-state index in [4.69, 9.17) is 5.73 Å². The lowest BCUT2D eigenvalue weighted by atomic mass is 9.96. The van der Waals surface area contributed by atoms with Gasteiger partial charge in [-0.3, -0.25) is 9.59 Å². The van der Waals surface area contributed by atoms with Gasteiger partial charge in [-0.2, -0.15) is 0 Å². The molecular formula is C17H21N3O2. The number of rotatable bonds is 3. The van der Waals surface area contributed by atoms with E-state index in [1.165, 1.54) is 0 Å². The summed E-state index contributed by atoms with van der Waals surface area (Å²) in [7, 11) is 1.99. The van der Waals surface area contributed by atoms with E-state index >= 15 is 0 Å². The first-order chi connectivity index (χ1) is 10.6. The van der Waals surface area contributed by atoms with Gasteiger partial charge in [0.1, 0.15) is 0 Å². The predicted molar refractivity (Wildman–Crippen MR) is 85.1 cm³/mol. The van der Waals surface area contributed by atoms with Crippen LogP contribution >= 0.6 is 0 Å². The number of likely N-dealkylation sites (tertiary alicyclic amines) is 1. The first-order valence-electron chi connectivity index (χ1n) is 7.66. The maximum Gasteiger partial charge on any atom is 0.227 e. The van der Waals surface area contributed by atoms with Crippen LogP contribution in [0.5, 0.6) is 0 Å². The Kier molecular flexibility index (Phi) is 3.88. The van der Waals surface area contributed by atoms with Crippen molar-refractivity contribution in [3.63, 3.8) is 0 Å². The Morgan fingerprint density at radius 2 is 1.91 bits per heavy atom. The predicted octanol–water partition coefficient (Wildman–Crippen LogP) is 1.44. The third kappa shape index (κ3) is 2.71. The molecule has 116 valence electrons. The van der Waals surface area contributed by atoms with Gasteiger partial charge in [0, 0.05) is 43.2 Å². The summed E-state index contributed by atoms with van der Waals surface area (Å²) in [6.07, 6.45) is 3.79. The van der Waals surface area contributed by atoms with Gasteiger partial charge in [0.25, 0.3) is 0 Å². The molecule has 2 heterocycles. The summed E-state index contributed by atoms with van der Waals surface area (Å²) in [6.45, 7) is 1.24. The lowest BCUT2D eigenvalue weighted by Crippen LogP contribution is -2.42. The smallest absolute Gasteiger partial charge is 0.227 e. The van der Waals surface area contributed by atoms with Crippen molar-refractivity contribution in [3.05, 3.63) is 36.0 Å². The van der Waals surface area contributed by atoms with Gasteiger partial charge >= 0.3 is 0 Å². The zero-order chi connectivity index (χ0) is 15.7. The molecule has 1 saturated heterocycles. The Morgan fingerprint density at radius 1 is 1.23 bits per heavy atom. The highest BCUT2D eigenvalue weighted by Gasteiger charge is 2.26. The first-order valence-corrected chi connectivity index (χ1v) is 7.66. The molecule has 1 aliphatic rings. The Labute approximate surface area is 129 Å². The van der Waals surface area contributed by atoms with Crippen molar-refractivity contribution < 1.29 is 9.59 Å². The normalized spacial score (nSPS) is 16.1. The molecule has 1 aromatic carbocycles. The summed E-state index contributed by atoms with van der Waals surface area (Å²) >= 11 is 0. The number of amides is 2. The number of carbonyl (C=O) groups excluding carboxylic acids is 2. The molecular weight excluding hydrogens is 278 g/mol. The second-order valence-corrected chi connectivity index (χ2v) is 6.02. The summed E-state index contributed by atoms with van der Waals surface area (Å²) in [5.74, 6) is -0.206. The lowest BCUT2D eigenvalue weighted by molar-refractivity contribution is -0.134. The summed E-state index contributed by atoms with van der Waals surface area (Å²) in [5.41, 5.74) is 7.52. The number of benzene rings is 1. The Bertz CT molecular complexity index is 712. The van der Waals surface area contributed by atoms with Crippen LogP contribution in [0.15, 0.2) is 30.5 Å². The van der Waals surface area contributed by atoms with Crippen molar-refractivity contribution in [1.29, 1.82) is 0 Å². The number of carbonyl (C=O) groups is 2. The molecule has 0 spiro atoms. The van der Waals surface area contributed by atoms with Crippen molar-refractivity contribution in [3.8, 4) is 0 Å². The van der Waals surface area contributed by atoms with Crippen molar-refractivity contribution in [2.75, 3.05) is 13.1 Å². The van der Waals surface area contributed by atoms with Crippen molar-refractivity contribution in [1.82, 2.24) is 9.47 Å². The van der Waals surface area contributed by atoms with E-state index < -0.39 is 0 Å². The SMILES string of the molecule is Cn1cc(CC(=O)N2CCC(C(N)=O)CC2)c2ccccc21. The fourth-order valence-corrected chi connectivity index (χ4v) is 3.25. The Morgan fingerprint density at radius 3 is 2.59 bits per heavy atom. The summed E-state index contributed by atoms with van der Waals surface area (Å²) < 4.78 is 2.05. The van der Waals surface area contributed by atoms with Crippen LogP contribution in [0.25, 0.3) is 10.9 Å². The van der Waals surface area contributed by atoms with Crippen LogP contribution in [-0.4, -0.2) is 34.4 Å². The van der Waals surface area contributed by atoms with Crippen molar-refractivity contribution >= 4 is 22.7 Å². The molecule has 5 nitrogen and oxygen atoms in total. The second kappa shape index (κ2) is 5.83. The van der Waals surface area contributed by atoms with Crippen LogP contribution in [0.1, 0.15) is 18.4 Å². The Hall–Kier alpha value is -2.30. The molecule has 0 atom stereocenters. The number of nitrogens with two attached hydrogens (primary N) is 1. The molecule has 5 heteroatoms. The van der Waals surface area contributed by atoms with E-state index in [0.29, 0.717) is 32.4 Å². The summed E-state index contributed by atoms with van der Waals surface area (Å²) in [5, 5.41) is 1.13. The average molecular weight is 299 g/mol. The zero-order valence-electron chi connectivity index (χ0n) is 12.8. The molecule has 2 amide bonds. The number of aromatic nitrogens is 1. The number of aryl methyl sites for hydroxylation is 1. The molecule has 2 N–H and O–H groups in total. The van der Waals surface area contributed by atoms with Crippen molar-refractivity contribution in [2.45, 2.75) is 19.3 Å². The maximum absolute atomic E-state index is 12.5. The Balaban J connectivity index is 1.70. The van der Waals surface area contributed by atoms with Crippen LogP contribution in [0.4, 0.5) is 0 Å². The molecule has 0 saturated carbocycles. The molecule has 0 bridgehead atoms. The quantitative estimate of drug-likeness (QED) is 0.932. The molecule has 2 aromatic rings. The molecule has 0 unspecified atom stereocenters. The number of hydrogen-bond acceptors (Lipinski definition) is 2. The van der Waals surface area contributed by atoms with Gasteiger partial charge in [0.15, 0.2) is 0 Å². The number of piperidine rings is 1. The van der Waals surface area contributed by atoms with Gasteiger partial charge in [0.05, 0.1) is 6.42 Å². The van der Waals surface area contributed by atoms with E-state index in [9.17, 15) is 9.59 Å². The summed E-state index contributed by atoms with van der Waals surface area (Å²) in [6, 6.07) is 8.11. The highest BCUT2D eigenvalue weighted by Crippen LogP contribution is 2.22. The topological polar surface area (TPSA) is 68.3 Å². The number of fused-ring (bicyclic) bond motifs is 1. The number of hydrogen-bond donors (Lipinski definition) is 1. The van der Waals surface area contributed by atoms with E-state index in [1.54, 1.807) is 0 Å². The van der Waals surface area contributed by atoms with Crippen molar-refractivity contribution in [2.24, 2.45) is 18.7 Å². The molecule has 0 radical (unpaired) electrons. The molecule has 0 aliphatic carbocycles. The molecule has 22 heavy (non-hydrogen) atoms. The number of primary amides is 1. The third-order valence-electron chi connectivity index (χ3n) is 4.57. The first kappa shape index (κ1) is 14.6. The minimum atomic E-state index is -0.249. The van der Waals surface area contributed by atoms with Gasteiger partial charge in [-0.25, -0.2) is 0 Å². The van der Waals surface area contributed by atoms with Gasteiger partial charge < -0.3 is 15.2 Å². The van der Waals surface area contributed by atoms with Crippen LogP contribution in [0.3, 0.4) is 0 Å². The van der Waals surface area contributed by atoms with Gasteiger partial charge in [-0.1, -0.05) is 18.2 Å². The van der Waals surface area contributed by atoms with Crippen LogP contribution in [0.2, 0.25) is 0 Å². The zero-order valence-corrected chi connectivity index (χ0v) is 12.8. The minimum absolute atomic E-state index is 0.0818. The maximum atomic E-state index is 12.5. The van der Waals surface area contributed by atoms with E-state index in [0.717, 1.165) is 16.5 Å². The lowest BCUT2D eigenvalue weighted by Gasteiger charge is -2.30. The monoisotopic (exact) mass is 299 g/mol. The molecule has 1 aliphatic heterocycles. The molecule has 1 fully saturated rings. The average Bonchev–Trinajstić information content (AvgIpc) is 2.84. The fraction of sp³-hybridized carbons (Fsp3) is 0.412. The fourth-order valence-electron chi connectivity index (χ4n) is 3.25. The standard InChI is InChI=1S/C17H21N3O2/c1-19-11-13(14-4-2-3-5-15(14)19)10-16(21)20-8-6-12(7-9-20)17(18)22/h2-5,11-12H,6-10H2,1H3,(H2,18,22). The van der Waals surface area contributed by atoms with E-state index in [-0.39, 0.29) is 17.7 Å². The van der Waals surface area contributed by atoms with Gasteiger partial charge in [-0.05, 0) is 24.5 Å². The van der Waals surface area contributed by atoms with E-state index in [2.05, 4.69) is 16.7 Å². The van der Waals surface area contributed by atoms with Crippen LogP contribution in [0, 0.1) is 5.92 Å². The number of nitrogens with zero attached hydrogens (tertiary/aromatic N) is 2. The largest absolute Gasteiger partial charge is 0.369 e. The van der Waals surface area contributed by atoms with E-state index in [1.807, 2.05) is 30.3 Å². The van der Waals surface area contributed by atoms with Crippen LogP contribution in [-0.2, 0) is 23.1 Å². The second-order valence-electron chi connectivity index (χ2n) is 6.02. The third-order valence-corrected chi connectivity index (χ3v) is 4.57.